The maximum Gasteiger partial charge on any atom is 0.144 e. The SMILES string of the molecule is Oc1ccc(-n2ccnc2-c2ccncc2)cc1. The molecule has 0 saturated heterocycles. The first-order chi connectivity index (χ1) is 8.84. The number of hydrogen-bond acceptors (Lipinski definition) is 3. The summed E-state index contributed by atoms with van der Waals surface area (Å²) >= 11 is 0. The predicted octanol–water partition coefficient (Wildman–Crippen LogP) is 2.64. The lowest BCUT2D eigenvalue weighted by Gasteiger charge is -2.07. The molecule has 0 fully saturated rings. The third kappa shape index (κ3) is 1.84. The molecule has 0 radical (unpaired) electrons. The molecule has 0 aliphatic carbocycles. The molecule has 0 aliphatic rings. The maximum atomic E-state index is 9.31. The Morgan fingerprint density at radius 2 is 1.61 bits per heavy atom. The Kier molecular flexibility index (Phi) is 2.53. The summed E-state index contributed by atoms with van der Waals surface area (Å²) in [7, 11) is 0. The molecule has 0 unspecified atom stereocenters. The summed E-state index contributed by atoms with van der Waals surface area (Å²) in [5.74, 6) is 1.10. The van der Waals surface area contributed by atoms with E-state index in [9.17, 15) is 5.11 Å². The van der Waals surface area contributed by atoms with Gasteiger partial charge in [-0.3, -0.25) is 9.55 Å². The van der Waals surface area contributed by atoms with Crippen LogP contribution < -0.4 is 0 Å². The average molecular weight is 237 g/mol. The van der Waals surface area contributed by atoms with E-state index in [4.69, 9.17) is 0 Å². The van der Waals surface area contributed by atoms with Crippen molar-refractivity contribution in [3.63, 3.8) is 0 Å². The van der Waals surface area contributed by atoms with Crippen molar-refractivity contribution in [2.24, 2.45) is 0 Å². The first-order valence-corrected chi connectivity index (χ1v) is 5.58. The summed E-state index contributed by atoms with van der Waals surface area (Å²) in [5, 5.41) is 9.31. The molecule has 4 heteroatoms. The number of benzene rings is 1. The zero-order valence-electron chi connectivity index (χ0n) is 9.56. The maximum absolute atomic E-state index is 9.31. The minimum Gasteiger partial charge on any atom is -0.508 e. The molecule has 1 aromatic carbocycles. The Bertz CT molecular complexity index is 644. The molecule has 0 bridgehead atoms. The number of aromatic hydroxyl groups is 1. The number of hydrogen-bond donors (Lipinski definition) is 1. The van der Waals surface area contributed by atoms with Crippen LogP contribution in [-0.4, -0.2) is 19.6 Å². The molecule has 4 nitrogen and oxygen atoms in total. The van der Waals surface area contributed by atoms with Gasteiger partial charge in [-0.05, 0) is 36.4 Å². The first kappa shape index (κ1) is 10.5. The van der Waals surface area contributed by atoms with Gasteiger partial charge in [0.05, 0.1) is 0 Å². The Morgan fingerprint density at radius 3 is 2.33 bits per heavy atom. The number of aromatic nitrogens is 3. The predicted molar refractivity (Wildman–Crippen MR) is 68.5 cm³/mol. The van der Waals surface area contributed by atoms with Gasteiger partial charge in [-0.25, -0.2) is 4.98 Å². The lowest BCUT2D eigenvalue weighted by atomic mass is 10.2. The minimum atomic E-state index is 0.254. The van der Waals surface area contributed by atoms with E-state index in [1.807, 2.05) is 35.0 Å². The van der Waals surface area contributed by atoms with Crippen LogP contribution in [0.5, 0.6) is 5.75 Å². The molecule has 0 aliphatic heterocycles. The lowest BCUT2D eigenvalue weighted by Crippen LogP contribution is -1.95. The van der Waals surface area contributed by atoms with Gasteiger partial charge in [0.2, 0.25) is 0 Å². The van der Waals surface area contributed by atoms with E-state index in [0.29, 0.717) is 0 Å². The van der Waals surface area contributed by atoms with Crippen LogP contribution in [0.15, 0.2) is 61.2 Å². The van der Waals surface area contributed by atoms with Gasteiger partial charge >= 0.3 is 0 Å². The number of phenolic OH excluding ortho intramolecular Hbond substituents is 1. The molecule has 88 valence electrons. The highest BCUT2D eigenvalue weighted by molar-refractivity contribution is 5.58. The van der Waals surface area contributed by atoms with E-state index in [1.54, 1.807) is 30.7 Å². The molecular weight excluding hydrogens is 226 g/mol. The highest BCUT2D eigenvalue weighted by Crippen LogP contribution is 2.21. The zero-order chi connectivity index (χ0) is 12.4. The van der Waals surface area contributed by atoms with Gasteiger partial charge in [0, 0.05) is 36.0 Å². The van der Waals surface area contributed by atoms with Crippen LogP contribution in [0.4, 0.5) is 0 Å². The number of rotatable bonds is 2. The van der Waals surface area contributed by atoms with E-state index in [0.717, 1.165) is 17.1 Å². The molecule has 0 saturated carbocycles. The van der Waals surface area contributed by atoms with E-state index in [1.165, 1.54) is 0 Å². The third-order valence-electron chi connectivity index (χ3n) is 2.71. The molecule has 18 heavy (non-hydrogen) atoms. The molecule has 1 N–H and O–H groups in total. The quantitative estimate of drug-likeness (QED) is 0.745. The fourth-order valence-corrected chi connectivity index (χ4v) is 1.84. The van der Waals surface area contributed by atoms with Crippen molar-refractivity contribution in [1.82, 2.24) is 14.5 Å². The molecule has 3 rings (SSSR count). The van der Waals surface area contributed by atoms with Crippen LogP contribution in [0.2, 0.25) is 0 Å². The summed E-state index contributed by atoms with van der Waals surface area (Å²) in [6.07, 6.45) is 7.13. The van der Waals surface area contributed by atoms with Crippen LogP contribution >= 0.6 is 0 Å². The molecule has 2 heterocycles. The normalized spacial score (nSPS) is 10.4. The van der Waals surface area contributed by atoms with E-state index >= 15 is 0 Å². The fourth-order valence-electron chi connectivity index (χ4n) is 1.84. The number of imidazole rings is 1. The first-order valence-electron chi connectivity index (χ1n) is 5.58. The molecule has 0 atom stereocenters. The Labute approximate surface area is 104 Å². The van der Waals surface area contributed by atoms with Crippen molar-refractivity contribution in [3.05, 3.63) is 61.2 Å². The number of nitrogens with zero attached hydrogens (tertiary/aromatic N) is 3. The molecule has 0 spiro atoms. The van der Waals surface area contributed by atoms with Crippen molar-refractivity contribution in [1.29, 1.82) is 0 Å². The van der Waals surface area contributed by atoms with Crippen LogP contribution in [-0.2, 0) is 0 Å². The van der Waals surface area contributed by atoms with Gasteiger partial charge in [-0.15, -0.1) is 0 Å². The second kappa shape index (κ2) is 4.33. The lowest BCUT2D eigenvalue weighted by molar-refractivity contribution is 0.475. The highest BCUT2D eigenvalue weighted by Gasteiger charge is 2.06. The number of pyridine rings is 1. The molecule has 2 aromatic heterocycles. The van der Waals surface area contributed by atoms with Crippen molar-refractivity contribution >= 4 is 0 Å². The summed E-state index contributed by atoms with van der Waals surface area (Å²) in [6.45, 7) is 0. The Balaban J connectivity index is 2.10. The minimum absolute atomic E-state index is 0.254. The summed E-state index contributed by atoms with van der Waals surface area (Å²) in [6, 6.07) is 10.8. The van der Waals surface area contributed by atoms with Crippen molar-refractivity contribution < 1.29 is 5.11 Å². The largest absolute Gasteiger partial charge is 0.508 e. The zero-order valence-corrected chi connectivity index (χ0v) is 9.56. The van der Waals surface area contributed by atoms with Crippen LogP contribution in [0.1, 0.15) is 0 Å². The Hall–Kier alpha value is -2.62. The second-order valence-electron chi connectivity index (χ2n) is 3.87. The number of phenols is 1. The molecule has 3 aromatic rings. The summed E-state index contributed by atoms with van der Waals surface area (Å²) < 4.78 is 1.97. The second-order valence-corrected chi connectivity index (χ2v) is 3.87. The fraction of sp³-hybridized carbons (Fsp3) is 0. The van der Waals surface area contributed by atoms with Gasteiger partial charge in [0.1, 0.15) is 11.6 Å². The van der Waals surface area contributed by atoms with E-state index in [-0.39, 0.29) is 5.75 Å². The summed E-state index contributed by atoms with van der Waals surface area (Å²) in [4.78, 5) is 8.36. The van der Waals surface area contributed by atoms with Gasteiger partial charge in [0.25, 0.3) is 0 Å². The highest BCUT2D eigenvalue weighted by atomic mass is 16.3. The van der Waals surface area contributed by atoms with Gasteiger partial charge < -0.3 is 5.11 Å². The van der Waals surface area contributed by atoms with Crippen LogP contribution in [0, 0.1) is 0 Å². The van der Waals surface area contributed by atoms with Crippen molar-refractivity contribution in [3.8, 4) is 22.8 Å². The molecular formula is C14H11N3O. The smallest absolute Gasteiger partial charge is 0.144 e. The summed E-state index contributed by atoms with van der Waals surface area (Å²) in [5.41, 5.74) is 1.96. The van der Waals surface area contributed by atoms with Gasteiger partial charge in [0.15, 0.2) is 0 Å². The van der Waals surface area contributed by atoms with Crippen molar-refractivity contribution in [2.45, 2.75) is 0 Å². The van der Waals surface area contributed by atoms with Gasteiger partial charge in [-0.1, -0.05) is 0 Å². The standard InChI is InChI=1S/C14H11N3O/c18-13-3-1-12(2-4-13)17-10-9-16-14(17)11-5-7-15-8-6-11/h1-10,18H. The monoisotopic (exact) mass is 237 g/mol. The van der Waals surface area contributed by atoms with E-state index < -0.39 is 0 Å². The Morgan fingerprint density at radius 1 is 0.889 bits per heavy atom. The van der Waals surface area contributed by atoms with Crippen molar-refractivity contribution in [2.75, 3.05) is 0 Å². The topological polar surface area (TPSA) is 50.9 Å². The van der Waals surface area contributed by atoms with E-state index in [2.05, 4.69) is 9.97 Å². The van der Waals surface area contributed by atoms with Gasteiger partial charge in [-0.2, -0.15) is 0 Å². The third-order valence-corrected chi connectivity index (χ3v) is 2.71. The van der Waals surface area contributed by atoms with Crippen LogP contribution in [0.3, 0.4) is 0 Å². The molecule has 0 amide bonds. The van der Waals surface area contributed by atoms with Crippen LogP contribution in [0.25, 0.3) is 17.1 Å². The average Bonchev–Trinajstić information content (AvgIpc) is 2.90.